The molecule has 0 heterocycles. The third-order valence-corrected chi connectivity index (χ3v) is 4.90. The van der Waals surface area contributed by atoms with Crippen LogP contribution in [0.25, 0.3) is 0 Å². The molecule has 0 radical (unpaired) electrons. The highest BCUT2D eigenvalue weighted by atomic mass is 16.5. The number of anilines is 1. The van der Waals surface area contributed by atoms with E-state index < -0.39 is 11.9 Å². The molecule has 0 saturated heterocycles. The molecule has 1 fully saturated rings. The first-order valence-electron chi connectivity index (χ1n) is 9.42. The molecule has 1 aliphatic carbocycles. The Morgan fingerprint density at radius 2 is 1.76 bits per heavy atom. The number of methoxy groups -OCH3 is 2. The van der Waals surface area contributed by atoms with Gasteiger partial charge in [-0.25, -0.2) is 4.79 Å². The zero-order chi connectivity index (χ0) is 20.8. The van der Waals surface area contributed by atoms with Crippen LogP contribution >= 0.6 is 0 Å². The van der Waals surface area contributed by atoms with Gasteiger partial charge in [0, 0.05) is 6.54 Å². The van der Waals surface area contributed by atoms with Crippen molar-refractivity contribution < 1.29 is 23.9 Å². The number of esters is 1. The maximum Gasteiger partial charge on any atom is 0.339 e. The topological polar surface area (TPSA) is 93.7 Å². The average Bonchev–Trinajstić information content (AvgIpc) is 3.55. The average molecular weight is 396 g/mol. The molecule has 0 spiro atoms. The summed E-state index contributed by atoms with van der Waals surface area (Å²) in [6.45, 7) is 0.488. The van der Waals surface area contributed by atoms with Gasteiger partial charge in [-0.2, -0.15) is 0 Å². The lowest BCUT2D eigenvalue weighted by Crippen LogP contribution is -2.29. The van der Waals surface area contributed by atoms with Crippen molar-refractivity contribution in [2.24, 2.45) is 11.8 Å². The van der Waals surface area contributed by atoms with Gasteiger partial charge in [0.15, 0.2) is 0 Å². The first-order valence-corrected chi connectivity index (χ1v) is 9.42. The van der Waals surface area contributed by atoms with Gasteiger partial charge in [0.25, 0.3) is 0 Å². The van der Waals surface area contributed by atoms with E-state index in [4.69, 9.17) is 9.47 Å². The highest BCUT2D eigenvalue weighted by molar-refractivity contribution is 6.04. The van der Waals surface area contributed by atoms with Gasteiger partial charge in [0.1, 0.15) is 5.75 Å². The molecule has 0 bridgehead atoms. The number of hydrogen-bond acceptors (Lipinski definition) is 5. The van der Waals surface area contributed by atoms with Gasteiger partial charge in [-0.15, -0.1) is 0 Å². The Hall–Kier alpha value is -3.35. The molecule has 2 unspecified atom stereocenters. The maximum absolute atomic E-state index is 12.5. The van der Waals surface area contributed by atoms with Crippen molar-refractivity contribution >= 4 is 23.5 Å². The number of amides is 2. The Bertz CT molecular complexity index is 912. The van der Waals surface area contributed by atoms with Crippen LogP contribution in [0.1, 0.15) is 22.3 Å². The number of ether oxygens (including phenoxy) is 2. The molecule has 152 valence electrons. The fraction of sp³-hybridized carbons (Fsp3) is 0.318. The van der Waals surface area contributed by atoms with Crippen LogP contribution in [-0.2, 0) is 20.7 Å². The Morgan fingerprint density at radius 1 is 1.00 bits per heavy atom. The van der Waals surface area contributed by atoms with Gasteiger partial charge >= 0.3 is 5.97 Å². The van der Waals surface area contributed by atoms with E-state index in [0.717, 1.165) is 11.3 Å². The van der Waals surface area contributed by atoms with E-state index in [9.17, 15) is 14.4 Å². The number of carbonyl (C=O) groups excluding carboxylic acids is 3. The Balaban J connectivity index is 1.48. The zero-order valence-electron chi connectivity index (χ0n) is 16.4. The molecule has 3 rings (SSSR count). The zero-order valence-corrected chi connectivity index (χ0v) is 16.4. The van der Waals surface area contributed by atoms with Crippen molar-refractivity contribution in [1.29, 1.82) is 0 Å². The first kappa shape index (κ1) is 20.4. The molecule has 2 amide bonds. The van der Waals surface area contributed by atoms with Crippen molar-refractivity contribution in [3.05, 3.63) is 59.7 Å². The lowest BCUT2D eigenvalue weighted by molar-refractivity contribution is -0.125. The first-order chi connectivity index (χ1) is 14.0. The van der Waals surface area contributed by atoms with Crippen LogP contribution in [0, 0.1) is 11.8 Å². The molecule has 2 aromatic rings. The quantitative estimate of drug-likeness (QED) is 0.669. The highest BCUT2D eigenvalue weighted by Gasteiger charge is 2.48. The van der Waals surface area contributed by atoms with Gasteiger partial charge in [-0.1, -0.05) is 24.3 Å². The van der Waals surface area contributed by atoms with E-state index in [0.29, 0.717) is 25.1 Å². The molecular weight excluding hydrogens is 372 g/mol. The minimum Gasteiger partial charge on any atom is -0.497 e. The highest BCUT2D eigenvalue weighted by Crippen LogP contribution is 2.39. The van der Waals surface area contributed by atoms with E-state index in [1.54, 1.807) is 31.4 Å². The summed E-state index contributed by atoms with van der Waals surface area (Å²) in [5.41, 5.74) is 1.73. The minimum atomic E-state index is -0.525. The number of rotatable bonds is 8. The summed E-state index contributed by atoms with van der Waals surface area (Å²) in [6.07, 6.45) is 1.18. The summed E-state index contributed by atoms with van der Waals surface area (Å²) in [5.74, 6) is -0.879. The molecule has 29 heavy (non-hydrogen) atoms. The summed E-state index contributed by atoms with van der Waals surface area (Å²) < 4.78 is 9.92. The third kappa shape index (κ3) is 5.13. The second-order valence-corrected chi connectivity index (χ2v) is 6.87. The Kier molecular flexibility index (Phi) is 6.49. The predicted octanol–water partition coefficient (Wildman–Crippen LogP) is 2.42. The molecule has 2 aromatic carbocycles. The van der Waals surface area contributed by atoms with Crippen LogP contribution in [0.2, 0.25) is 0 Å². The molecule has 1 saturated carbocycles. The monoisotopic (exact) mass is 396 g/mol. The van der Waals surface area contributed by atoms with Crippen molar-refractivity contribution in [1.82, 2.24) is 5.32 Å². The Morgan fingerprint density at radius 3 is 2.52 bits per heavy atom. The molecule has 7 heteroatoms. The number of benzene rings is 2. The number of carbonyl (C=O) groups is 3. The molecule has 7 nitrogen and oxygen atoms in total. The summed E-state index contributed by atoms with van der Waals surface area (Å²) in [7, 11) is 2.90. The predicted molar refractivity (Wildman–Crippen MR) is 108 cm³/mol. The van der Waals surface area contributed by atoms with Crippen molar-refractivity contribution in [3.63, 3.8) is 0 Å². The van der Waals surface area contributed by atoms with E-state index in [-0.39, 0.29) is 23.3 Å². The molecule has 0 aliphatic heterocycles. The van der Waals surface area contributed by atoms with E-state index >= 15 is 0 Å². The van der Waals surface area contributed by atoms with Crippen LogP contribution in [-0.4, -0.2) is 38.5 Å². The van der Waals surface area contributed by atoms with E-state index in [1.165, 1.54) is 7.11 Å². The molecule has 0 aromatic heterocycles. The second-order valence-electron chi connectivity index (χ2n) is 6.87. The van der Waals surface area contributed by atoms with Gasteiger partial charge in [0.2, 0.25) is 11.8 Å². The normalized spacial score (nSPS) is 17.2. The van der Waals surface area contributed by atoms with Gasteiger partial charge in [-0.05, 0) is 42.7 Å². The van der Waals surface area contributed by atoms with Gasteiger partial charge < -0.3 is 20.1 Å². The fourth-order valence-electron chi connectivity index (χ4n) is 3.17. The SMILES string of the molecule is COC(=O)c1ccccc1NC(=O)C1CC1C(=O)NCCc1cccc(OC)c1. The van der Waals surface area contributed by atoms with Crippen LogP contribution in [0.15, 0.2) is 48.5 Å². The van der Waals surface area contributed by atoms with E-state index in [2.05, 4.69) is 10.6 Å². The summed E-state index contributed by atoms with van der Waals surface area (Å²) >= 11 is 0. The van der Waals surface area contributed by atoms with Gasteiger partial charge in [0.05, 0.1) is 37.3 Å². The van der Waals surface area contributed by atoms with Crippen molar-refractivity contribution in [3.8, 4) is 5.75 Å². The smallest absolute Gasteiger partial charge is 0.339 e. The number of nitrogens with one attached hydrogen (secondary N) is 2. The van der Waals surface area contributed by atoms with Crippen molar-refractivity contribution in [2.45, 2.75) is 12.8 Å². The second kappa shape index (κ2) is 9.23. The van der Waals surface area contributed by atoms with Gasteiger partial charge in [-0.3, -0.25) is 9.59 Å². The van der Waals surface area contributed by atoms with E-state index in [1.807, 2.05) is 24.3 Å². The van der Waals surface area contributed by atoms with Crippen molar-refractivity contribution in [2.75, 3.05) is 26.1 Å². The number of para-hydroxylation sites is 1. The van der Waals surface area contributed by atoms with Crippen LogP contribution in [0.4, 0.5) is 5.69 Å². The summed E-state index contributed by atoms with van der Waals surface area (Å²) in [4.78, 5) is 36.6. The molecule has 2 N–H and O–H groups in total. The largest absolute Gasteiger partial charge is 0.497 e. The van der Waals surface area contributed by atoms with Crippen LogP contribution < -0.4 is 15.4 Å². The minimum absolute atomic E-state index is 0.130. The fourth-order valence-corrected chi connectivity index (χ4v) is 3.17. The lowest BCUT2D eigenvalue weighted by atomic mass is 10.1. The standard InChI is InChI=1S/C22H24N2O5/c1-28-15-7-5-6-14(12-15)10-11-23-20(25)17-13-18(17)21(26)24-19-9-4-3-8-16(19)22(27)29-2/h3-9,12,17-18H,10-11,13H2,1-2H3,(H,23,25)(H,24,26). The summed E-state index contributed by atoms with van der Waals surface area (Å²) in [5, 5.41) is 5.62. The molecular formula is C22H24N2O5. The molecule has 2 atom stereocenters. The lowest BCUT2D eigenvalue weighted by Gasteiger charge is -2.10. The maximum atomic E-state index is 12.5. The summed E-state index contributed by atoms with van der Waals surface area (Å²) in [6, 6.07) is 14.3. The Labute approximate surface area is 169 Å². The number of hydrogen-bond donors (Lipinski definition) is 2. The van der Waals surface area contributed by atoms with Crippen LogP contribution in [0.3, 0.4) is 0 Å². The third-order valence-electron chi connectivity index (χ3n) is 4.90. The van der Waals surface area contributed by atoms with Crippen LogP contribution in [0.5, 0.6) is 5.75 Å². The molecule has 1 aliphatic rings.